The van der Waals surface area contributed by atoms with Gasteiger partial charge in [0, 0.05) is 3.92 Å². The summed E-state index contributed by atoms with van der Waals surface area (Å²) in [5.74, 6) is 0.737. The van der Waals surface area contributed by atoms with E-state index in [0.717, 1.165) is 9.84 Å². The number of hydrogen-bond acceptors (Lipinski definition) is 0. The molecule has 0 heterocycles. The van der Waals surface area contributed by atoms with E-state index in [1.807, 2.05) is 0 Å². The maximum atomic E-state index is 4.01. The Morgan fingerprint density at radius 2 is 2.36 bits per heavy atom. The van der Waals surface area contributed by atoms with Crippen LogP contribution in [0, 0.1) is 5.92 Å². The van der Waals surface area contributed by atoms with Gasteiger partial charge in [0.05, 0.1) is 0 Å². The van der Waals surface area contributed by atoms with Crippen molar-refractivity contribution in [3.05, 3.63) is 23.8 Å². The van der Waals surface area contributed by atoms with E-state index in [0.29, 0.717) is 0 Å². The minimum absolute atomic E-state index is 0.737. The van der Waals surface area contributed by atoms with E-state index in [9.17, 15) is 0 Å². The molecule has 1 rings (SSSR count). The highest BCUT2D eigenvalue weighted by molar-refractivity contribution is 14.1. The van der Waals surface area contributed by atoms with Crippen molar-refractivity contribution in [1.82, 2.24) is 0 Å². The Morgan fingerprint density at radius 1 is 1.73 bits per heavy atom. The fourth-order valence-corrected chi connectivity index (χ4v) is 2.26. The van der Waals surface area contributed by atoms with Gasteiger partial charge in [-0.25, -0.2) is 0 Å². The number of hydrogen-bond donors (Lipinski definition) is 0. The van der Waals surface area contributed by atoms with Gasteiger partial charge in [-0.3, -0.25) is 0 Å². The summed E-state index contributed by atoms with van der Waals surface area (Å²) in [5, 5.41) is 0. The standard InChI is InChI=1S/C10H15I/c1-7(2)9-5-4-8(3)10(11)6-9/h4,9-10H,1,5-6H2,2-3H3. The first-order valence-electron chi connectivity index (χ1n) is 4.07. The Hall–Kier alpha value is 0.210. The van der Waals surface area contributed by atoms with Gasteiger partial charge in [-0.2, -0.15) is 0 Å². The quantitative estimate of drug-likeness (QED) is 0.384. The molecule has 0 aromatic heterocycles. The van der Waals surface area contributed by atoms with E-state index in [1.54, 1.807) is 5.57 Å². The van der Waals surface area contributed by atoms with Crippen LogP contribution in [0.2, 0.25) is 0 Å². The first-order valence-corrected chi connectivity index (χ1v) is 5.32. The van der Waals surface area contributed by atoms with Crippen molar-refractivity contribution in [3.63, 3.8) is 0 Å². The average molecular weight is 262 g/mol. The van der Waals surface area contributed by atoms with Crippen LogP contribution in [-0.2, 0) is 0 Å². The van der Waals surface area contributed by atoms with Crippen LogP contribution in [0.4, 0.5) is 0 Å². The monoisotopic (exact) mass is 262 g/mol. The SMILES string of the molecule is C=C(C)C1CC=C(C)C(I)C1. The van der Waals surface area contributed by atoms with Gasteiger partial charge >= 0.3 is 0 Å². The predicted molar refractivity (Wildman–Crippen MR) is 59.1 cm³/mol. The minimum atomic E-state index is 0.737. The molecule has 0 N–H and O–H groups in total. The molecule has 0 amide bonds. The van der Waals surface area contributed by atoms with Crippen LogP contribution >= 0.6 is 22.6 Å². The molecule has 0 aliphatic heterocycles. The molecular weight excluding hydrogens is 247 g/mol. The third-order valence-corrected chi connectivity index (χ3v) is 3.90. The van der Waals surface area contributed by atoms with Gasteiger partial charge in [-0.05, 0) is 32.6 Å². The molecule has 0 spiro atoms. The normalized spacial score (nSPS) is 31.4. The lowest BCUT2D eigenvalue weighted by Gasteiger charge is -2.24. The largest absolute Gasteiger partial charge is 0.0998 e. The first kappa shape index (κ1) is 9.30. The molecule has 62 valence electrons. The molecular formula is C10H15I. The molecule has 0 bridgehead atoms. The van der Waals surface area contributed by atoms with Gasteiger partial charge in [-0.1, -0.05) is 46.4 Å². The van der Waals surface area contributed by atoms with E-state index in [1.165, 1.54) is 18.4 Å². The third kappa shape index (κ3) is 2.32. The summed E-state index contributed by atoms with van der Waals surface area (Å²) in [5.41, 5.74) is 2.89. The van der Waals surface area contributed by atoms with E-state index in [2.05, 4.69) is 49.1 Å². The van der Waals surface area contributed by atoms with Crippen molar-refractivity contribution in [2.45, 2.75) is 30.6 Å². The van der Waals surface area contributed by atoms with Gasteiger partial charge in [-0.15, -0.1) is 0 Å². The van der Waals surface area contributed by atoms with E-state index in [-0.39, 0.29) is 0 Å². The van der Waals surface area contributed by atoms with Crippen LogP contribution in [0.15, 0.2) is 23.8 Å². The molecule has 0 radical (unpaired) electrons. The second-order valence-corrected chi connectivity index (χ2v) is 4.93. The Labute approximate surface area is 82.9 Å². The zero-order valence-electron chi connectivity index (χ0n) is 7.23. The zero-order chi connectivity index (χ0) is 8.43. The summed E-state index contributed by atoms with van der Waals surface area (Å²) in [4.78, 5) is 0. The summed E-state index contributed by atoms with van der Waals surface area (Å²) in [7, 11) is 0. The fraction of sp³-hybridized carbons (Fsp3) is 0.600. The maximum Gasteiger partial charge on any atom is 0.0321 e. The van der Waals surface area contributed by atoms with Crippen molar-refractivity contribution >= 4 is 22.6 Å². The zero-order valence-corrected chi connectivity index (χ0v) is 9.39. The number of rotatable bonds is 1. The van der Waals surface area contributed by atoms with Gasteiger partial charge in [0.15, 0.2) is 0 Å². The van der Waals surface area contributed by atoms with Gasteiger partial charge in [0.1, 0.15) is 0 Å². The van der Waals surface area contributed by atoms with Crippen molar-refractivity contribution in [1.29, 1.82) is 0 Å². The summed E-state index contributed by atoms with van der Waals surface area (Å²) in [6.45, 7) is 8.38. The van der Waals surface area contributed by atoms with Gasteiger partial charge < -0.3 is 0 Å². The second kappa shape index (κ2) is 3.74. The third-order valence-electron chi connectivity index (χ3n) is 2.41. The van der Waals surface area contributed by atoms with Crippen LogP contribution < -0.4 is 0 Å². The van der Waals surface area contributed by atoms with E-state index in [4.69, 9.17) is 0 Å². The molecule has 11 heavy (non-hydrogen) atoms. The molecule has 0 aromatic rings. The average Bonchev–Trinajstić information content (AvgIpc) is 1.94. The van der Waals surface area contributed by atoms with Crippen LogP contribution in [0.1, 0.15) is 26.7 Å². The van der Waals surface area contributed by atoms with Gasteiger partial charge in [0.25, 0.3) is 0 Å². The molecule has 0 fully saturated rings. The van der Waals surface area contributed by atoms with Crippen LogP contribution in [-0.4, -0.2) is 3.92 Å². The lowest BCUT2D eigenvalue weighted by atomic mass is 9.86. The minimum Gasteiger partial charge on any atom is -0.0998 e. The highest BCUT2D eigenvalue weighted by atomic mass is 127. The van der Waals surface area contributed by atoms with Crippen LogP contribution in [0.3, 0.4) is 0 Å². The highest BCUT2D eigenvalue weighted by Crippen LogP contribution is 2.32. The molecule has 1 aliphatic carbocycles. The molecule has 1 heteroatoms. The molecule has 0 nitrogen and oxygen atoms in total. The van der Waals surface area contributed by atoms with Crippen LogP contribution in [0.5, 0.6) is 0 Å². The molecule has 0 aromatic carbocycles. The van der Waals surface area contributed by atoms with Gasteiger partial charge in [0.2, 0.25) is 0 Å². The molecule has 0 saturated heterocycles. The summed E-state index contributed by atoms with van der Waals surface area (Å²) in [6, 6.07) is 0. The topological polar surface area (TPSA) is 0 Å². The fourth-order valence-electron chi connectivity index (χ4n) is 1.39. The Balaban J connectivity index is 2.62. The van der Waals surface area contributed by atoms with Crippen molar-refractivity contribution in [2.75, 3.05) is 0 Å². The number of allylic oxidation sites excluding steroid dienone is 3. The molecule has 2 atom stereocenters. The Morgan fingerprint density at radius 3 is 2.82 bits per heavy atom. The molecule has 2 unspecified atom stereocenters. The van der Waals surface area contributed by atoms with Crippen molar-refractivity contribution in [3.8, 4) is 0 Å². The smallest absolute Gasteiger partial charge is 0.0321 e. The Kier molecular flexibility index (Phi) is 3.16. The second-order valence-electron chi connectivity index (χ2n) is 3.43. The van der Waals surface area contributed by atoms with Crippen molar-refractivity contribution < 1.29 is 0 Å². The lowest BCUT2D eigenvalue weighted by Crippen LogP contribution is -2.14. The predicted octanol–water partition coefficient (Wildman–Crippen LogP) is 3.72. The number of halogens is 1. The number of alkyl halides is 1. The Bertz CT molecular complexity index is 191. The summed E-state index contributed by atoms with van der Waals surface area (Å²) in [6.07, 6.45) is 4.86. The van der Waals surface area contributed by atoms with Crippen molar-refractivity contribution in [2.24, 2.45) is 5.92 Å². The maximum absolute atomic E-state index is 4.01. The summed E-state index contributed by atoms with van der Waals surface area (Å²) < 4.78 is 0.739. The molecule has 1 aliphatic rings. The lowest BCUT2D eigenvalue weighted by molar-refractivity contribution is 0.556. The van der Waals surface area contributed by atoms with Crippen LogP contribution in [0.25, 0.3) is 0 Å². The van der Waals surface area contributed by atoms with E-state index >= 15 is 0 Å². The first-order chi connectivity index (χ1) is 5.11. The highest BCUT2D eigenvalue weighted by Gasteiger charge is 2.19. The van der Waals surface area contributed by atoms with E-state index < -0.39 is 0 Å². The molecule has 0 saturated carbocycles. The summed E-state index contributed by atoms with van der Waals surface area (Å²) >= 11 is 2.52.